The molecule has 24 heavy (non-hydrogen) atoms. The van der Waals surface area contributed by atoms with E-state index in [1.54, 1.807) is 18.3 Å². The minimum Gasteiger partial charge on any atom is -0.480 e. The lowest BCUT2D eigenvalue weighted by molar-refractivity contribution is -0.121. The average molecular weight is 325 g/mol. The Morgan fingerprint density at radius 3 is 3.00 bits per heavy atom. The van der Waals surface area contributed by atoms with Gasteiger partial charge in [-0.15, -0.1) is 0 Å². The Morgan fingerprint density at radius 1 is 1.33 bits per heavy atom. The molecule has 1 aliphatic rings. The molecule has 0 unspecified atom stereocenters. The number of pyridine rings is 1. The summed E-state index contributed by atoms with van der Waals surface area (Å²) < 4.78 is 5.11. The predicted molar refractivity (Wildman–Crippen MR) is 90.9 cm³/mol. The molecular weight excluding hydrogens is 306 g/mol. The standard InChI is InChI=1S/C18H19N3O3/c1-24-18-15(7-4-10-19-18)20-16(22)9-8-13-11-12-5-2-3-6-14(12)21-17(13)23/h2-7,10,13H,8-9,11H2,1H3,(H,20,22)(H,21,23)/t13-/m0/s1. The van der Waals surface area contributed by atoms with Crippen molar-refractivity contribution in [3.05, 3.63) is 48.2 Å². The maximum Gasteiger partial charge on any atom is 0.237 e. The normalized spacial score (nSPS) is 16.0. The van der Waals surface area contributed by atoms with Crippen LogP contribution in [0.15, 0.2) is 42.6 Å². The largest absolute Gasteiger partial charge is 0.480 e. The van der Waals surface area contributed by atoms with Crippen LogP contribution in [0, 0.1) is 5.92 Å². The van der Waals surface area contributed by atoms with E-state index in [0.717, 1.165) is 11.3 Å². The fraction of sp³-hybridized carbons (Fsp3) is 0.278. The molecule has 0 bridgehead atoms. The number of nitrogens with zero attached hydrogens (tertiary/aromatic N) is 1. The maximum atomic E-state index is 12.2. The molecule has 1 atom stereocenters. The van der Waals surface area contributed by atoms with Crippen molar-refractivity contribution in [1.29, 1.82) is 0 Å². The van der Waals surface area contributed by atoms with Gasteiger partial charge < -0.3 is 15.4 Å². The molecule has 2 aromatic rings. The SMILES string of the molecule is COc1ncccc1NC(=O)CC[C@H]1Cc2ccccc2NC1=O. The van der Waals surface area contributed by atoms with Crippen molar-refractivity contribution in [1.82, 2.24) is 4.98 Å². The first-order valence-corrected chi connectivity index (χ1v) is 7.85. The second-order valence-corrected chi connectivity index (χ2v) is 5.69. The minimum atomic E-state index is -0.193. The Kier molecular flexibility index (Phi) is 4.74. The molecule has 2 N–H and O–H groups in total. The number of rotatable bonds is 5. The molecule has 0 spiro atoms. The third-order valence-electron chi connectivity index (χ3n) is 4.07. The highest BCUT2D eigenvalue weighted by molar-refractivity contribution is 5.96. The van der Waals surface area contributed by atoms with Crippen molar-refractivity contribution < 1.29 is 14.3 Å². The average Bonchev–Trinajstić information content (AvgIpc) is 2.60. The van der Waals surface area contributed by atoms with Crippen LogP contribution in [-0.4, -0.2) is 23.9 Å². The summed E-state index contributed by atoms with van der Waals surface area (Å²) in [5.41, 5.74) is 2.50. The molecule has 0 fully saturated rings. The van der Waals surface area contributed by atoms with Crippen LogP contribution >= 0.6 is 0 Å². The first-order valence-electron chi connectivity index (χ1n) is 7.85. The van der Waals surface area contributed by atoms with Gasteiger partial charge in [-0.05, 0) is 36.6 Å². The minimum absolute atomic E-state index is 0.0274. The topological polar surface area (TPSA) is 80.3 Å². The van der Waals surface area contributed by atoms with Crippen LogP contribution in [0.2, 0.25) is 0 Å². The zero-order valence-corrected chi connectivity index (χ0v) is 13.4. The van der Waals surface area contributed by atoms with E-state index in [0.29, 0.717) is 24.4 Å². The Morgan fingerprint density at radius 2 is 2.17 bits per heavy atom. The number of hydrogen-bond donors (Lipinski definition) is 2. The highest BCUT2D eigenvalue weighted by Gasteiger charge is 2.26. The van der Waals surface area contributed by atoms with Crippen molar-refractivity contribution in [3.8, 4) is 5.88 Å². The van der Waals surface area contributed by atoms with E-state index in [1.807, 2.05) is 24.3 Å². The number of hydrogen-bond acceptors (Lipinski definition) is 4. The predicted octanol–water partition coefficient (Wildman–Crippen LogP) is 2.62. The number of benzene rings is 1. The van der Waals surface area contributed by atoms with Gasteiger partial charge in [-0.2, -0.15) is 0 Å². The second kappa shape index (κ2) is 7.12. The lowest BCUT2D eigenvalue weighted by Gasteiger charge is -2.24. The number of methoxy groups -OCH3 is 1. The van der Waals surface area contributed by atoms with Crippen LogP contribution in [0.3, 0.4) is 0 Å². The van der Waals surface area contributed by atoms with Crippen molar-refractivity contribution >= 4 is 23.2 Å². The van der Waals surface area contributed by atoms with Gasteiger partial charge in [-0.3, -0.25) is 9.59 Å². The number of aromatic nitrogens is 1. The summed E-state index contributed by atoms with van der Waals surface area (Å²) in [6, 6.07) is 11.2. The maximum absolute atomic E-state index is 12.2. The van der Waals surface area contributed by atoms with Gasteiger partial charge in [0.15, 0.2) is 0 Å². The molecule has 3 rings (SSSR count). The Balaban J connectivity index is 1.58. The number of anilines is 2. The highest BCUT2D eigenvalue weighted by atomic mass is 16.5. The van der Waals surface area contributed by atoms with Crippen molar-refractivity contribution in [2.24, 2.45) is 5.92 Å². The van der Waals surface area contributed by atoms with E-state index < -0.39 is 0 Å². The zero-order chi connectivity index (χ0) is 16.9. The van der Waals surface area contributed by atoms with Crippen LogP contribution in [-0.2, 0) is 16.0 Å². The summed E-state index contributed by atoms with van der Waals surface area (Å²) >= 11 is 0. The van der Waals surface area contributed by atoms with Crippen LogP contribution in [0.1, 0.15) is 18.4 Å². The van der Waals surface area contributed by atoms with E-state index in [-0.39, 0.29) is 24.2 Å². The second-order valence-electron chi connectivity index (χ2n) is 5.69. The molecule has 1 aliphatic heterocycles. The third-order valence-corrected chi connectivity index (χ3v) is 4.07. The first-order chi connectivity index (χ1) is 11.7. The van der Waals surface area contributed by atoms with Gasteiger partial charge >= 0.3 is 0 Å². The summed E-state index contributed by atoms with van der Waals surface area (Å²) in [5.74, 6) is -0.00922. The smallest absolute Gasteiger partial charge is 0.237 e. The third kappa shape index (κ3) is 3.53. The molecule has 2 amide bonds. The van der Waals surface area contributed by atoms with Crippen molar-refractivity contribution in [2.45, 2.75) is 19.3 Å². The van der Waals surface area contributed by atoms with Gasteiger partial charge in [-0.25, -0.2) is 4.98 Å². The molecule has 1 aromatic carbocycles. The monoisotopic (exact) mass is 325 g/mol. The quantitative estimate of drug-likeness (QED) is 0.885. The van der Waals surface area contributed by atoms with E-state index in [2.05, 4.69) is 15.6 Å². The summed E-state index contributed by atoms with van der Waals surface area (Å²) in [6.45, 7) is 0. The number of amides is 2. The summed E-state index contributed by atoms with van der Waals surface area (Å²) in [7, 11) is 1.50. The van der Waals surface area contributed by atoms with E-state index in [1.165, 1.54) is 7.11 Å². The fourth-order valence-corrected chi connectivity index (χ4v) is 2.81. The molecule has 0 radical (unpaired) electrons. The number of fused-ring (bicyclic) bond motifs is 1. The van der Waals surface area contributed by atoms with Crippen molar-refractivity contribution in [3.63, 3.8) is 0 Å². The number of ether oxygens (including phenoxy) is 1. The van der Waals surface area contributed by atoms with Gasteiger partial charge in [0.2, 0.25) is 17.7 Å². The molecule has 124 valence electrons. The van der Waals surface area contributed by atoms with Crippen LogP contribution in [0.4, 0.5) is 11.4 Å². The number of nitrogens with one attached hydrogen (secondary N) is 2. The lowest BCUT2D eigenvalue weighted by Crippen LogP contribution is -2.30. The fourth-order valence-electron chi connectivity index (χ4n) is 2.81. The zero-order valence-electron chi connectivity index (χ0n) is 13.4. The molecule has 0 saturated carbocycles. The van der Waals surface area contributed by atoms with Crippen LogP contribution in [0.5, 0.6) is 5.88 Å². The Hall–Kier alpha value is -2.89. The van der Waals surface area contributed by atoms with Gasteiger partial charge in [0.25, 0.3) is 0 Å². The number of carbonyl (C=O) groups excluding carboxylic acids is 2. The molecule has 1 aromatic heterocycles. The Bertz CT molecular complexity index is 761. The molecule has 6 heteroatoms. The highest BCUT2D eigenvalue weighted by Crippen LogP contribution is 2.28. The molecule has 0 aliphatic carbocycles. The molecule has 6 nitrogen and oxygen atoms in total. The van der Waals surface area contributed by atoms with Crippen LogP contribution in [0.25, 0.3) is 0 Å². The summed E-state index contributed by atoms with van der Waals surface area (Å²) in [5, 5.41) is 5.68. The van der Waals surface area contributed by atoms with Gasteiger partial charge in [0.05, 0.1) is 7.11 Å². The van der Waals surface area contributed by atoms with Gasteiger partial charge in [0.1, 0.15) is 5.69 Å². The summed E-state index contributed by atoms with van der Waals surface area (Å²) in [4.78, 5) is 28.3. The number of para-hydroxylation sites is 1. The van der Waals surface area contributed by atoms with Gasteiger partial charge in [-0.1, -0.05) is 18.2 Å². The molecular formula is C18H19N3O3. The Labute approximate surface area is 140 Å². The van der Waals surface area contributed by atoms with E-state index in [9.17, 15) is 9.59 Å². The van der Waals surface area contributed by atoms with E-state index >= 15 is 0 Å². The number of carbonyl (C=O) groups is 2. The first kappa shape index (κ1) is 16.0. The molecule has 0 saturated heterocycles. The molecule has 2 heterocycles. The van der Waals surface area contributed by atoms with E-state index in [4.69, 9.17) is 4.74 Å². The lowest BCUT2D eigenvalue weighted by atomic mass is 9.89. The van der Waals surface area contributed by atoms with Crippen molar-refractivity contribution in [2.75, 3.05) is 17.7 Å². The van der Waals surface area contributed by atoms with Crippen LogP contribution < -0.4 is 15.4 Å². The van der Waals surface area contributed by atoms with Gasteiger partial charge in [0, 0.05) is 24.2 Å². The summed E-state index contributed by atoms with van der Waals surface area (Å²) in [6.07, 6.45) is 3.01.